The summed E-state index contributed by atoms with van der Waals surface area (Å²) in [5, 5.41) is 2.59. The Morgan fingerprint density at radius 2 is 2.24 bits per heavy atom. The maximum Gasteiger partial charge on any atom is 0.329 e. The van der Waals surface area contributed by atoms with E-state index >= 15 is 0 Å². The number of imide groups is 1. The standard InChI is InChI=1S/C11H11BrN2O2S/c1-2-5-14-10(15)8(13-11(14)16)6-7-3-4-9(12)17-7/h3-4,6H,2,5H2,1H3,(H,13,16)/b8-6+. The number of carbonyl (C=O) groups excluding carboxylic acids is 2. The number of halogens is 1. The van der Waals surface area contributed by atoms with Gasteiger partial charge in [0.25, 0.3) is 5.91 Å². The number of nitrogens with one attached hydrogen (secondary N) is 1. The van der Waals surface area contributed by atoms with Crippen molar-refractivity contribution < 1.29 is 9.59 Å². The minimum atomic E-state index is -0.335. The van der Waals surface area contributed by atoms with E-state index in [0.29, 0.717) is 12.2 Å². The van der Waals surface area contributed by atoms with Gasteiger partial charge in [0.15, 0.2) is 0 Å². The van der Waals surface area contributed by atoms with Crippen LogP contribution in [0.5, 0.6) is 0 Å². The number of rotatable bonds is 3. The summed E-state index contributed by atoms with van der Waals surface area (Å²) in [4.78, 5) is 25.6. The molecule has 0 aliphatic carbocycles. The first-order valence-electron chi connectivity index (χ1n) is 5.21. The maximum atomic E-state index is 11.9. The summed E-state index contributed by atoms with van der Waals surface area (Å²) in [6, 6.07) is 3.46. The second-order valence-corrected chi connectivity index (χ2v) is 6.08. The first kappa shape index (κ1) is 12.3. The molecule has 3 amide bonds. The molecule has 90 valence electrons. The molecule has 0 atom stereocenters. The molecule has 0 aromatic carbocycles. The van der Waals surface area contributed by atoms with Crippen LogP contribution in [0.2, 0.25) is 0 Å². The quantitative estimate of drug-likeness (QED) is 0.689. The Hall–Kier alpha value is -1.14. The van der Waals surface area contributed by atoms with Gasteiger partial charge in [0.05, 0.1) is 3.79 Å². The highest BCUT2D eigenvalue weighted by atomic mass is 79.9. The van der Waals surface area contributed by atoms with E-state index < -0.39 is 0 Å². The molecule has 17 heavy (non-hydrogen) atoms. The molecule has 1 aliphatic rings. The van der Waals surface area contributed by atoms with Crippen LogP contribution < -0.4 is 5.32 Å². The second-order valence-electron chi connectivity index (χ2n) is 3.59. The van der Waals surface area contributed by atoms with Crippen molar-refractivity contribution >= 4 is 45.3 Å². The summed E-state index contributed by atoms with van der Waals surface area (Å²) >= 11 is 4.86. The van der Waals surface area contributed by atoms with Crippen molar-refractivity contribution in [3.8, 4) is 0 Å². The third-order valence-corrected chi connectivity index (χ3v) is 3.86. The number of hydrogen-bond donors (Lipinski definition) is 1. The van der Waals surface area contributed by atoms with Crippen molar-refractivity contribution in [1.82, 2.24) is 10.2 Å². The predicted molar refractivity (Wildman–Crippen MR) is 70.5 cm³/mol. The number of urea groups is 1. The van der Waals surface area contributed by atoms with Crippen molar-refractivity contribution in [3.63, 3.8) is 0 Å². The molecule has 2 rings (SSSR count). The van der Waals surface area contributed by atoms with Crippen LogP contribution in [0.3, 0.4) is 0 Å². The Morgan fingerprint density at radius 3 is 2.82 bits per heavy atom. The van der Waals surface area contributed by atoms with E-state index in [1.54, 1.807) is 6.08 Å². The van der Waals surface area contributed by atoms with Gasteiger partial charge in [-0.25, -0.2) is 4.79 Å². The van der Waals surface area contributed by atoms with Gasteiger partial charge in [-0.05, 0) is 40.6 Å². The number of amides is 3. The van der Waals surface area contributed by atoms with Crippen molar-refractivity contribution in [1.29, 1.82) is 0 Å². The molecule has 1 aromatic heterocycles. The van der Waals surface area contributed by atoms with Gasteiger partial charge in [-0.15, -0.1) is 11.3 Å². The van der Waals surface area contributed by atoms with Crippen LogP contribution in [0.1, 0.15) is 18.2 Å². The fourth-order valence-corrected chi connectivity index (χ4v) is 2.91. The zero-order valence-electron chi connectivity index (χ0n) is 9.20. The Balaban J connectivity index is 2.21. The molecule has 1 saturated heterocycles. The van der Waals surface area contributed by atoms with Crippen LogP contribution in [0.4, 0.5) is 4.79 Å². The Morgan fingerprint density at radius 1 is 1.47 bits per heavy atom. The molecule has 1 N–H and O–H groups in total. The van der Waals surface area contributed by atoms with Crippen LogP contribution in [-0.4, -0.2) is 23.4 Å². The van der Waals surface area contributed by atoms with E-state index in [4.69, 9.17) is 0 Å². The predicted octanol–water partition coefficient (Wildman–Crippen LogP) is 2.81. The summed E-state index contributed by atoms with van der Waals surface area (Å²) in [6.07, 6.45) is 2.46. The van der Waals surface area contributed by atoms with Gasteiger partial charge in [0, 0.05) is 11.4 Å². The molecular weight excluding hydrogens is 304 g/mol. The first-order chi connectivity index (χ1) is 8.11. The molecule has 0 saturated carbocycles. The van der Waals surface area contributed by atoms with Crippen molar-refractivity contribution in [2.75, 3.05) is 6.54 Å². The average molecular weight is 315 g/mol. The number of hydrogen-bond acceptors (Lipinski definition) is 3. The van der Waals surface area contributed by atoms with Crippen LogP contribution >= 0.6 is 27.3 Å². The zero-order valence-corrected chi connectivity index (χ0v) is 11.6. The van der Waals surface area contributed by atoms with Crippen LogP contribution in [0.25, 0.3) is 6.08 Å². The van der Waals surface area contributed by atoms with Gasteiger partial charge < -0.3 is 5.32 Å². The monoisotopic (exact) mass is 314 g/mol. The van der Waals surface area contributed by atoms with Gasteiger partial charge in [0.1, 0.15) is 5.70 Å². The van der Waals surface area contributed by atoms with Crippen molar-refractivity contribution in [3.05, 3.63) is 26.5 Å². The van der Waals surface area contributed by atoms with E-state index in [-0.39, 0.29) is 11.9 Å². The van der Waals surface area contributed by atoms with Crippen LogP contribution in [0, 0.1) is 0 Å². The van der Waals surface area contributed by atoms with Gasteiger partial charge in [-0.3, -0.25) is 9.69 Å². The molecule has 1 aliphatic heterocycles. The molecule has 2 heterocycles. The SMILES string of the molecule is CCCN1C(=O)N/C(=C/c2ccc(Br)s2)C1=O. The minimum absolute atomic E-state index is 0.249. The Kier molecular flexibility index (Phi) is 3.63. The molecular formula is C11H11BrN2O2S. The highest BCUT2D eigenvalue weighted by Crippen LogP contribution is 2.25. The molecule has 0 bridgehead atoms. The van der Waals surface area contributed by atoms with Crippen molar-refractivity contribution in [2.45, 2.75) is 13.3 Å². The van der Waals surface area contributed by atoms with Crippen LogP contribution in [-0.2, 0) is 4.79 Å². The summed E-state index contributed by atoms with van der Waals surface area (Å²) < 4.78 is 0.992. The third-order valence-electron chi connectivity index (χ3n) is 2.29. The maximum absolute atomic E-state index is 11.9. The third kappa shape index (κ3) is 2.58. The zero-order chi connectivity index (χ0) is 12.4. The fourth-order valence-electron chi connectivity index (χ4n) is 1.55. The Labute approximate surface area is 111 Å². The lowest BCUT2D eigenvalue weighted by Crippen LogP contribution is -2.31. The summed E-state index contributed by atoms with van der Waals surface area (Å²) in [5.41, 5.74) is 0.345. The van der Waals surface area contributed by atoms with Gasteiger partial charge in [-0.1, -0.05) is 6.92 Å². The molecule has 4 nitrogen and oxygen atoms in total. The second kappa shape index (κ2) is 5.01. The lowest BCUT2D eigenvalue weighted by atomic mass is 10.3. The van der Waals surface area contributed by atoms with Gasteiger partial charge in [0.2, 0.25) is 0 Å². The molecule has 0 spiro atoms. The normalized spacial score (nSPS) is 18.0. The number of nitrogens with zero attached hydrogens (tertiary/aromatic N) is 1. The van der Waals surface area contributed by atoms with E-state index in [1.165, 1.54) is 16.2 Å². The summed E-state index contributed by atoms with van der Waals surface area (Å²) in [5.74, 6) is -0.249. The molecule has 0 radical (unpaired) electrons. The van der Waals surface area contributed by atoms with Gasteiger partial charge >= 0.3 is 6.03 Å². The van der Waals surface area contributed by atoms with E-state index in [9.17, 15) is 9.59 Å². The first-order valence-corrected chi connectivity index (χ1v) is 6.82. The largest absolute Gasteiger partial charge is 0.329 e. The summed E-state index contributed by atoms with van der Waals surface area (Å²) in [7, 11) is 0. The summed E-state index contributed by atoms with van der Waals surface area (Å²) in [6.45, 7) is 2.38. The molecule has 0 unspecified atom stereocenters. The minimum Gasteiger partial charge on any atom is -0.303 e. The fraction of sp³-hybridized carbons (Fsp3) is 0.273. The van der Waals surface area contributed by atoms with Crippen molar-refractivity contribution in [2.24, 2.45) is 0 Å². The average Bonchev–Trinajstić information content (AvgIpc) is 2.79. The number of thiophene rings is 1. The molecule has 1 aromatic rings. The smallest absolute Gasteiger partial charge is 0.303 e. The van der Waals surface area contributed by atoms with Crippen LogP contribution in [0.15, 0.2) is 21.6 Å². The molecule has 6 heteroatoms. The van der Waals surface area contributed by atoms with E-state index in [1.807, 2.05) is 19.1 Å². The highest BCUT2D eigenvalue weighted by Gasteiger charge is 2.32. The topological polar surface area (TPSA) is 49.4 Å². The van der Waals surface area contributed by atoms with E-state index in [0.717, 1.165) is 15.1 Å². The lowest BCUT2D eigenvalue weighted by Gasteiger charge is -2.08. The molecule has 1 fully saturated rings. The van der Waals surface area contributed by atoms with E-state index in [2.05, 4.69) is 21.2 Å². The number of carbonyl (C=O) groups is 2. The Bertz CT molecular complexity index is 495. The highest BCUT2D eigenvalue weighted by molar-refractivity contribution is 9.11. The van der Waals surface area contributed by atoms with Gasteiger partial charge in [-0.2, -0.15) is 0 Å². The lowest BCUT2D eigenvalue weighted by molar-refractivity contribution is -0.122.